The third-order valence-corrected chi connectivity index (χ3v) is 4.23. The fraction of sp³-hybridized carbons (Fsp3) is 0.412. The van der Waals surface area contributed by atoms with Crippen LogP contribution in [0.5, 0.6) is 0 Å². The smallest absolute Gasteiger partial charge is 0.376 e. The Kier molecular flexibility index (Phi) is 5.37. The van der Waals surface area contributed by atoms with E-state index in [0.717, 1.165) is 16.8 Å². The van der Waals surface area contributed by atoms with Crippen LogP contribution in [0.4, 0.5) is 26.3 Å². The molecule has 0 saturated carbocycles. The molecule has 1 aliphatic heterocycles. The van der Waals surface area contributed by atoms with Crippen molar-refractivity contribution in [1.29, 1.82) is 0 Å². The zero-order valence-electron chi connectivity index (χ0n) is 14.3. The second-order valence-electron chi connectivity index (χ2n) is 6.13. The van der Waals surface area contributed by atoms with Crippen LogP contribution < -0.4 is 5.32 Å². The lowest BCUT2D eigenvalue weighted by Crippen LogP contribution is -2.28. The molecule has 0 unspecified atom stereocenters. The Morgan fingerprint density at radius 1 is 1.18 bits per heavy atom. The number of halogens is 6. The summed E-state index contributed by atoms with van der Waals surface area (Å²) in [5.41, 5.74) is -1.82. The lowest BCUT2D eigenvalue weighted by atomic mass is 10.1. The summed E-state index contributed by atoms with van der Waals surface area (Å²) < 4.78 is 83.7. The minimum atomic E-state index is -4.63. The number of carbonyl (C=O) groups is 1. The largest absolute Gasteiger partial charge is 0.435 e. The van der Waals surface area contributed by atoms with Crippen molar-refractivity contribution in [1.82, 2.24) is 15.1 Å². The summed E-state index contributed by atoms with van der Waals surface area (Å²) in [6.07, 6.45) is -8.96. The first-order valence-corrected chi connectivity index (χ1v) is 8.26. The molecule has 0 saturated heterocycles. The van der Waals surface area contributed by atoms with E-state index in [1.807, 2.05) is 0 Å². The van der Waals surface area contributed by atoms with Crippen molar-refractivity contribution in [2.75, 3.05) is 13.2 Å². The Morgan fingerprint density at radius 2 is 1.93 bits per heavy atom. The van der Waals surface area contributed by atoms with Gasteiger partial charge < -0.3 is 10.1 Å². The maximum atomic E-state index is 13.1. The predicted molar refractivity (Wildman–Crippen MR) is 84.4 cm³/mol. The molecular weight excluding hydrogens is 392 g/mol. The molecule has 0 spiro atoms. The van der Waals surface area contributed by atoms with Gasteiger partial charge in [-0.2, -0.15) is 31.4 Å². The van der Waals surface area contributed by atoms with Gasteiger partial charge in [0.05, 0.1) is 25.3 Å². The maximum absolute atomic E-state index is 13.1. The number of fused-ring (bicyclic) bond motifs is 1. The summed E-state index contributed by atoms with van der Waals surface area (Å²) in [5, 5.41) is 5.99. The van der Waals surface area contributed by atoms with Crippen LogP contribution in [0.1, 0.15) is 32.9 Å². The van der Waals surface area contributed by atoms with Crippen molar-refractivity contribution in [2.24, 2.45) is 0 Å². The highest BCUT2D eigenvalue weighted by molar-refractivity contribution is 5.94. The van der Waals surface area contributed by atoms with Gasteiger partial charge in [-0.15, -0.1) is 0 Å². The molecule has 0 atom stereocenters. The van der Waals surface area contributed by atoms with E-state index in [9.17, 15) is 31.1 Å². The van der Waals surface area contributed by atoms with Crippen LogP contribution in [0, 0.1) is 0 Å². The van der Waals surface area contributed by atoms with Crippen molar-refractivity contribution >= 4 is 5.91 Å². The van der Waals surface area contributed by atoms with Crippen LogP contribution >= 0.6 is 0 Å². The number of amides is 1. The fourth-order valence-electron chi connectivity index (χ4n) is 2.94. The van der Waals surface area contributed by atoms with Gasteiger partial charge in [0.1, 0.15) is 0 Å². The van der Waals surface area contributed by atoms with Gasteiger partial charge in [0.25, 0.3) is 5.91 Å². The van der Waals surface area contributed by atoms with E-state index in [1.54, 1.807) is 0 Å². The van der Waals surface area contributed by atoms with Crippen LogP contribution in [0.15, 0.2) is 24.3 Å². The lowest BCUT2D eigenvalue weighted by molar-refractivity contribution is -0.143. The second kappa shape index (κ2) is 7.46. The van der Waals surface area contributed by atoms with Crippen molar-refractivity contribution in [2.45, 2.75) is 31.9 Å². The molecule has 0 aliphatic carbocycles. The topological polar surface area (TPSA) is 56.2 Å². The average molecular weight is 407 g/mol. The Hall–Kier alpha value is -2.56. The van der Waals surface area contributed by atoms with Gasteiger partial charge >= 0.3 is 12.4 Å². The molecule has 2 aromatic rings. The number of hydrogen-bond acceptors (Lipinski definition) is 3. The molecule has 3 rings (SSSR count). The molecule has 1 amide bonds. The van der Waals surface area contributed by atoms with Crippen molar-refractivity contribution in [3.8, 4) is 0 Å². The van der Waals surface area contributed by atoms with Gasteiger partial charge in [0.15, 0.2) is 5.69 Å². The first kappa shape index (κ1) is 20.2. The molecule has 0 radical (unpaired) electrons. The molecule has 2 heterocycles. The third kappa shape index (κ3) is 4.29. The van der Waals surface area contributed by atoms with E-state index in [0.29, 0.717) is 11.8 Å². The first-order valence-electron chi connectivity index (χ1n) is 8.26. The highest BCUT2D eigenvalue weighted by atomic mass is 19.4. The molecule has 152 valence electrons. The SMILES string of the molecule is O=C(NCCn1nc(C(F)(F)F)c2c1CCOC2)c1cccc(C(F)(F)F)c1. The quantitative estimate of drug-likeness (QED) is 0.791. The highest BCUT2D eigenvalue weighted by Crippen LogP contribution is 2.34. The molecule has 1 aromatic heterocycles. The number of aromatic nitrogens is 2. The number of nitrogens with zero attached hydrogens (tertiary/aromatic N) is 2. The molecule has 1 N–H and O–H groups in total. The summed E-state index contributed by atoms with van der Waals surface area (Å²) in [6.45, 7) is -0.0855. The summed E-state index contributed by atoms with van der Waals surface area (Å²) in [4.78, 5) is 12.1. The molecule has 11 heteroatoms. The van der Waals surface area contributed by atoms with Gasteiger partial charge in [-0.05, 0) is 18.2 Å². The molecular formula is C17H15F6N3O2. The predicted octanol–water partition coefficient (Wildman–Crippen LogP) is 3.42. The molecule has 28 heavy (non-hydrogen) atoms. The minimum absolute atomic E-state index is 0.0250. The van der Waals surface area contributed by atoms with Crippen LogP contribution in [-0.2, 0) is 36.7 Å². The Labute approximate surface area is 155 Å². The standard InChI is InChI=1S/C17H15F6N3O2/c18-16(19,20)11-3-1-2-10(8-11)15(27)24-5-6-26-13-4-7-28-9-12(13)14(25-26)17(21,22)23/h1-3,8H,4-7,9H2,(H,24,27). The molecule has 0 fully saturated rings. The van der Waals surface area contributed by atoms with Crippen LogP contribution in [0.2, 0.25) is 0 Å². The molecule has 0 bridgehead atoms. The normalized spacial score (nSPS) is 14.6. The van der Waals surface area contributed by atoms with Gasteiger partial charge in [-0.1, -0.05) is 6.07 Å². The molecule has 1 aromatic carbocycles. The zero-order valence-corrected chi connectivity index (χ0v) is 14.3. The number of hydrogen-bond donors (Lipinski definition) is 1. The Balaban J connectivity index is 1.69. The lowest BCUT2D eigenvalue weighted by Gasteiger charge is -2.15. The van der Waals surface area contributed by atoms with E-state index in [-0.39, 0.29) is 43.9 Å². The van der Waals surface area contributed by atoms with E-state index >= 15 is 0 Å². The second-order valence-corrected chi connectivity index (χ2v) is 6.13. The Morgan fingerprint density at radius 3 is 2.61 bits per heavy atom. The number of nitrogens with one attached hydrogen (secondary N) is 1. The number of alkyl halides is 6. The van der Waals surface area contributed by atoms with E-state index in [2.05, 4.69) is 10.4 Å². The Bertz CT molecular complexity index is 873. The number of ether oxygens (including phenoxy) is 1. The number of carbonyl (C=O) groups excluding carboxylic acids is 1. The fourth-order valence-corrected chi connectivity index (χ4v) is 2.94. The van der Waals surface area contributed by atoms with Crippen LogP contribution in [0.25, 0.3) is 0 Å². The minimum Gasteiger partial charge on any atom is -0.376 e. The van der Waals surface area contributed by atoms with Gasteiger partial charge in [-0.25, -0.2) is 0 Å². The number of benzene rings is 1. The average Bonchev–Trinajstić information content (AvgIpc) is 3.00. The zero-order chi connectivity index (χ0) is 20.5. The summed E-state index contributed by atoms with van der Waals surface area (Å²) in [7, 11) is 0. The van der Waals surface area contributed by atoms with Gasteiger partial charge in [0.2, 0.25) is 0 Å². The first-order chi connectivity index (χ1) is 13.1. The highest BCUT2D eigenvalue weighted by Gasteiger charge is 2.39. The van der Waals surface area contributed by atoms with Crippen molar-refractivity contribution < 1.29 is 35.9 Å². The van der Waals surface area contributed by atoms with Gasteiger partial charge in [0, 0.05) is 29.8 Å². The van der Waals surface area contributed by atoms with Crippen LogP contribution in [-0.4, -0.2) is 28.8 Å². The summed E-state index contributed by atoms with van der Waals surface area (Å²) in [6, 6.07) is 3.88. The summed E-state index contributed by atoms with van der Waals surface area (Å²) in [5.74, 6) is -0.758. The van der Waals surface area contributed by atoms with Crippen LogP contribution in [0.3, 0.4) is 0 Å². The van der Waals surface area contributed by atoms with Crippen molar-refractivity contribution in [3.05, 3.63) is 52.3 Å². The van der Waals surface area contributed by atoms with E-state index in [1.165, 1.54) is 6.07 Å². The third-order valence-electron chi connectivity index (χ3n) is 4.23. The number of rotatable bonds is 4. The molecule has 1 aliphatic rings. The monoisotopic (exact) mass is 407 g/mol. The molecule has 5 nitrogen and oxygen atoms in total. The van der Waals surface area contributed by atoms with Gasteiger partial charge in [-0.3, -0.25) is 9.48 Å². The van der Waals surface area contributed by atoms with E-state index < -0.39 is 29.5 Å². The summed E-state index contributed by atoms with van der Waals surface area (Å²) >= 11 is 0. The van der Waals surface area contributed by atoms with E-state index in [4.69, 9.17) is 4.74 Å². The maximum Gasteiger partial charge on any atom is 0.435 e. The van der Waals surface area contributed by atoms with Crippen molar-refractivity contribution in [3.63, 3.8) is 0 Å².